The van der Waals surface area contributed by atoms with Crippen LogP contribution in [-0.4, -0.2) is 23.5 Å². The van der Waals surface area contributed by atoms with Crippen LogP contribution in [0, 0.1) is 11.6 Å². The van der Waals surface area contributed by atoms with Gasteiger partial charge in [-0.3, -0.25) is 9.59 Å². The van der Waals surface area contributed by atoms with Crippen LogP contribution in [0.2, 0.25) is 0 Å². The van der Waals surface area contributed by atoms with Crippen molar-refractivity contribution in [2.75, 3.05) is 6.54 Å². The van der Waals surface area contributed by atoms with E-state index in [1.54, 1.807) is 30.3 Å². The second kappa shape index (κ2) is 8.19. The lowest BCUT2D eigenvalue weighted by Gasteiger charge is -2.13. The largest absolute Gasteiger partial charge is 0.481 e. The molecule has 0 saturated heterocycles. The number of aliphatic carboxylic acids is 1. The fourth-order valence-electron chi connectivity index (χ4n) is 2.29. The van der Waals surface area contributed by atoms with Gasteiger partial charge in [0, 0.05) is 13.0 Å². The minimum Gasteiger partial charge on any atom is -0.481 e. The molecule has 2 rings (SSSR count). The second-order valence-corrected chi connectivity index (χ2v) is 5.35. The van der Waals surface area contributed by atoms with Crippen LogP contribution in [0.4, 0.5) is 8.78 Å². The number of benzene rings is 2. The van der Waals surface area contributed by atoms with E-state index < -0.39 is 23.5 Å². The van der Waals surface area contributed by atoms with E-state index in [1.165, 1.54) is 6.07 Å². The fraction of sp³-hybridized carbons (Fsp3) is 0.222. The quantitative estimate of drug-likeness (QED) is 0.819. The summed E-state index contributed by atoms with van der Waals surface area (Å²) in [6.07, 6.45) is 0.304. The zero-order valence-corrected chi connectivity index (χ0v) is 12.8. The molecule has 1 atom stereocenters. The molecule has 0 aliphatic carbocycles. The average molecular weight is 333 g/mol. The van der Waals surface area contributed by atoms with E-state index in [1.807, 2.05) is 0 Å². The van der Waals surface area contributed by atoms with E-state index in [0.717, 1.165) is 12.1 Å². The molecule has 0 radical (unpaired) electrons. The van der Waals surface area contributed by atoms with Crippen molar-refractivity contribution in [2.24, 2.45) is 0 Å². The van der Waals surface area contributed by atoms with Crippen molar-refractivity contribution < 1.29 is 23.5 Å². The van der Waals surface area contributed by atoms with E-state index in [-0.39, 0.29) is 25.3 Å². The lowest BCUT2D eigenvalue weighted by Crippen LogP contribution is -2.31. The number of carbonyl (C=O) groups excluding carboxylic acids is 1. The molecule has 0 aliphatic heterocycles. The van der Waals surface area contributed by atoms with Crippen LogP contribution in [0.5, 0.6) is 0 Å². The van der Waals surface area contributed by atoms with Crippen LogP contribution < -0.4 is 5.32 Å². The predicted molar refractivity (Wildman–Crippen MR) is 84.5 cm³/mol. The highest BCUT2D eigenvalue weighted by Crippen LogP contribution is 2.15. The summed E-state index contributed by atoms with van der Waals surface area (Å²) in [5, 5.41) is 11.8. The van der Waals surface area contributed by atoms with Gasteiger partial charge in [0.1, 0.15) is 0 Å². The molecule has 0 heterocycles. The number of hydrogen-bond acceptors (Lipinski definition) is 2. The van der Waals surface area contributed by atoms with Gasteiger partial charge in [-0.05, 0) is 29.7 Å². The van der Waals surface area contributed by atoms with Crippen molar-refractivity contribution in [3.63, 3.8) is 0 Å². The molecule has 2 N–H and O–H groups in total. The summed E-state index contributed by atoms with van der Waals surface area (Å²) in [5.41, 5.74) is 1.10. The highest BCUT2D eigenvalue weighted by Gasteiger charge is 2.20. The Morgan fingerprint density at radius 2 is 1.75 bits per heavy atom. The first-order chi connectivity index (χ1) is 11.5. The Morgan fingerprint density at radius 3 is 2.38 bits per heavy atom. The minimum atomic E-state index is -1.03. The third-order valence-corrected chi connectivity index (χ3v) is 3.63. The van der Waals surface area contributed by atoms with Crippen LogP contribution in [-0.2, 0) is 16.0 Å². The molecule has 126 valence electrons. The molecule has 0 spiro atoms. The van der Waals surface area contributed by atoms with Crippen LogP contribution >= 0.6 is 0 Å². The monoisotopic (exact) mass is 333 g/mol. The number of aryl methyl sites for hydroxylation is 1. The Labute approximate surface area is 138 Å². The average Bonchev–Trinajstić information content (AvgIpc) is 2.57. The van der Waals surface area contributed by atoms with Crippen molar-refractivity contribution in [3.05, 3.63) is 71.3 Å². The third-order valence-electron chi connectivity index (χ3n) is 3.63. The van der Waals surface area contributed by atoms with E-state index in [4.69, 9.17) is 0 Å². The minimum absolute atomic E-state index is 0.0318. The molecular formula is C18H17F2NO3. The lowest BCUT2D eigenvalue weighted by molar-refractivity contribution is -0.138. The number of carboxylic acid groups (broad SMARTS) is 1. The van der Waals surface area contributed by atoms with Gasteiger partial charge >= 0.3 is 5.97 Å². The van der Waals surface area contributed by atoms with Crippen LogP contribution in [0.3, 0.4) is 0 Å². The number of carboxylic acids is 1. The van der Waals surface area contributed by atoms with Gasteiger partial charge in [-0.25, -0.2) is 8.78 Å². The van der Waals surface area contributed by atoms with Gasteiger partial charge in [-0.1, -0.05) is 36.4 Å². The number of carbonyl (C=O) groups is 2. The Kier molecular flexibility index (Phi) is 6.01. The molecule has 1 amide bonds. The zero-order chi connectivity index (χ0) is 17.5. The third kappa shape index (κ3) is 4.87. The number of hydrogen-bond donors (Lipinski definition) is 2. The van der Waals surface area contributed by atoms with Crippen LogP contribution in [0.15, 0.2) is 48.5 Å². The summed E-state index contributed by atoms with van der Waals surface area (Å²) in [7, 11) is 0. The predicted octanol–water partition coefficient (Wildman–Crippen LogP) is 2.88. The normalized spacial score (nSPS) is 11.8. The summed E-state index contributed by atoms with van der Waals surface area (Å²) in [5.74, 6) is -4.10. The molecule has 0 bridgehead atoms. The Hall–Kier alpha value is -2.76. The van der Waals surface area contributed by atoms with Gasteiger partial charge in [-0.2, -0.15) is 0 Å². The second-order valence-electron chi connectivity index (χ2n) is 5.35. The van der Waals surface area contributed by atoms with E-state index >= 15 is 0 Å². The smallest absolute Gasteiger partial charge is 0.312 e. The maximum atomic E-state index is 13.1. The molecule has 4 nitrogen and oxygen atoms in total. The molecule has 0 saturated carbocycles. The Bertz CT molecular complexity index is 719. The molecule has 24 heavy (non-hydrogen) atoms. The highest BCUT2D eigenvalue weighted by atomic mass is 19.2. The molecule has 0 aliphatic rings. The fourth-order valence-corrected chi connectivity index (χ4v) is 2.29. The van der Waals surface area contributed by atoms with Gasteiger partial charge in [0.2, 0.25) is 5.91 Å². The summed E-state index contributed by atoms with van der Waals surface area (Å²) in [4.78, 5) is 23.2. The van der Waals surface area contributed by atoms with E-state index in [0.29, 0.717) is 11.1 Å². The molecule has 1 unspecified atom stereocenters. The highest BCUT2D eigenvalue weighted by molar-refractivity contribution is 5.79. The summed E-state index contributed by atoms with van der Waals surface area (Å²) < 4.78 is 25.9. The standard InChI is InChI=1S/C18H17F2NO3/c19-15-8-6-12(10-16(15)20)7-9-17(22)21-11-14(18(23)24)13-4-2-1-3-5-13/h1-6,8,10,14H,7,9,11H2,(H,21,22)(H,23,24). The summed E-state index contributed by atoms with van der Waals surface area (Å²) in [6, 6.07) is 12.1. The van der Waals surface area contributed by atoms with Crippen LogP contribution in [0.1, 0.15) is 23.5 Å². The maximum Gasteiger partial charge on any atom is 0.312 e. The van der Waals surface area contributed by atoms with Gasteiger partial charge in [0.15, 0.2) is 11.6 Å². The van der Waals surface area contributed by atoms with Crippen molar-refractivity contribution in [3.8, 4) is 0 Å². The summed E-state index contributed by atoms with van der Waals surface area (Å²) in [6.45, 7) is -0.0318. The zero-order valence-electron chi connectivity index (χ0n) is 12.8. The van der Waals surface area contributed by atoms with E-state index in [2.05, 4.69) is 5.32 Å². The van der Waals surface area contributed by atoms with Crippen molar-refractivity contribution in [1.82, 2.24) is 5.32 Å². The number of amides is 1. The van der Waals surface area contributed by atoms with E-state index in [9.17, 15) is 23.5 Å². The SMILES string of the molecule is O=C(CCc1ccc(F)c(F)c1)NCC(C(=O)O)c1ccccc1. The topological polar surface area (TPSA) is 66.4 Å². The summed E-state index contributed by atoms with van der Waals surface area (Å²) >= 11 is 0. The van der Waals surface area contributed by atoms with Crippen molar-refractivity contribution in [2.45, 2.75) is 18.8 Å². The van der Waals surface area contributed by atoms with Crippen molar-refractivity contribution in [1.29, 1.82) is 0 Å². The first-order valence-corrected chi connectivity index (χ1v) is 7.45. The molecule has 2 aromatic rings. The van der Waals surface area contributed by atoms with Gasteiger partial charge < -0.3 is 10.4 Å². The first kappa shape index (κ1) is 17.6. The molecule has 6 heteroatoms. The Balaban J connectivity index is 1.87. The molecule has 0 aromatic heterocycles. The molecule has 0 fully saturated rings. The van der Waals surface area contributed by atoms with Crippen LogP contribution in [0.25, 0.3) is 0 Å². The lowest BCUT2D eigenvalue weighted by atomic mass is 9.99. The van der Waals surface area contributed by atoms with Gasteiger partial charge in [-0.15, -0.1) is 0 Å². The maximum absolute atomic E-state index is 13.1. The molecule has 2 aromatic carbocycles. The van der Waals surface area contributed by atoms with Gasteiger partial charge in [0.05, 0.1) is 5.92 Å². The number of rotatable bonds is 7. The molecular weight excluding hydrogens is 316 g/mol. The van der Waals surface area contributed by atoms with Crippen molar-refractivity contribution >= 4 is 11.9 Å². The Morgan fingerprint density at radius 1 is 1.04 bits per heavy atom. The number of halogens is 2. The first-order valence-electron chi connectivity index (χ1n) is 7.45. The number of nitrogens with one attached hydrogen (secondary N) is 1. The van der Waals surface area contributed by atoms with Gasteiger partial charge in [0.25, 0.3) is 0 Å².